The van der Waals surface area contributed by atoms with Crippen molar-refractivity contribution in [1.29, 1.82) is 0 Å². The normalized spacial score (nSPS) is 14.5. The van der Waals surface area contributed by atoms with E-state index >= 15 is 0 Å². The average Bonchev–Trinajstić information content (AvgIpc) is 3.37. The number of rotatable bonds is 5. The highest BCUT2D eigenvalue weighted by molar-refractivity contribution is 6.35. The third kappa shape index (κ3) is 4.52. The highest BCUT2D eigenvalue weighted by Crippen LogP contribution is 2.46. The Balaban J connectivity index is 1.35. The quantitative estimate of drug-likeness (QED) is 0.281. The number of hydrogen-bond acceptors (Lipinski definition) is 8. The molecule has 0 bridgehead atoms. The number of fused-ring (bicyclic) bond motifs is 4. The van der Waals surface area contributed by atoms with Gasteiger partial charge in [-0.1, -0.05) is 11.6 Å². The van der Waals surface area contributed by atoms with Gasteiger partial charge in [0.15, 0.2) is 23.2 Å². The van der Waals surface area contributed by atoms with Crippen molar-refractivity contribution in [3.63, 3.8) is 0 Å². The summed E-state index contributed by atoms with van der Waals surface area (Å²) in [7, 11) is 1.54. The first-order valence-corrected chi connectivity index (χ1v) is 12.5. The molecule has 0 spiro atoms. The maximum Gasteiger partial charge on any atom is 0.411 e. The molecule has 10 nitrogen and oxygen atoms in total. The highest BCUT2D eigenvalue weighted by atomic mass is 35.5. The van der Waals surface area contributed by atoms with Crippen molar-refractivity contribution in [2.75, 3.05) is 25.2 Å². The van der Waals surface area contributed by atoms with Gasteiger partial charge in [-0.15, -0.1) is 0 Å². The summed E-state index contributed by atoms with van der Waals surface area (Å²) in [5, 5.41) is 10.8. The molecule has 1 N–H and O–H groups in total. The van der Waals surface area contributed by atoms with Gasteiger partial charge >= 0.3 is 6.09 Å². The van der Waals surface area contributed by atoms with Crippen LogP contribution in [0.2, 0.25) is 5.02 Å². The van der Waals surface area contributed by atoms with Crippen LogP contribution in [0.15, 0.2) is 53.2 Å². The van der Waals surface area contributed by atoms with Crippen molar-refractivity contribution >= 4 is 45.4 Å². The van der Waals surface area contributed by atoms with Crippen molar-refractivity contribution in [2.24, 2.45) is 0 Å². The number of aryl methyl sites for hydroxylation is 2. The first-order chi connectivity index (χ1) is 18.8. The van der Waals surface area contributed by atoms with Crippen molar-refractivity contribution in [3.8, 4) is 28.7 Å². The Hall–Kier alpha value is -4.57. The number of pyridine rings is 1. The van der Waals surface area contributed by atoms with Gasteiger partial charge in [0.2, 0.25) is 5.88 Å². The zero-order valence-corrected chi connectivity index (χ0v) is 22.0. The number of benzene rings is 2. The van der Waals surface area contributed by atoms with Crippen LogP contribution in [0.3, 0.4) is 0 Å². The Kier molecular flexibility index (Phi) is 6.11. The molecule has 5 aromatic rings. The fourth-order valence-corrected chi connectivity index (χ4v) is 4.86. The second-order valence-corrected chi connectivity index (χ2v) is 9.64. The van der Waals surface area contributed by atoms with Gasteiger partial charge in [-0.05, 0) is 49.7 Å². The summed E-state index contributed by atoms with van der Waals surface area (Å²) < 4.78 is 23.7. The number of ether oxygens (including phenoxy) is 3. The standard InChI is InChI=1S/C28H23ClN4O6/c1-14-6-18(25-21(7-14)32-24(36-3)11-31-25)22-8-19-26(39-22)20(29)9-23-27(19)37-13-17(38-23)12-33(28(34)35)16-5-4-15(2)30-10-16/h4-11,17H,12-13H2,1-3H3,(H,34,35). The van der Waals surface area contributed by atoms with E-state index in [0.29, 0.717) is 55.9 Å². The molecule has 0 saturated heterocycles. The van der Waals surface area contributed by atoms with E-state index in [2.05, 4.69) is 15.0 Å². The van der Waals surface area contributed by atoms with Crippen LogP contribution in [-0.2, 0) is 0 Å². The molecule has 6 rings (SSSR count). The zero-order valence-electron chi connectivity index (χ0n) is 21.3. The first kappa shape index (κ1) is 24.7. The van der Waals surface area contributed by atoms with Gasteiger partial charge in [0.1, 0.15) is 12.4 Å². The van der Waals surface area contributed by atoms with Crippen LogP contribution in [-0.4, -0.2) is 52.5 Å². The van der Waals surface area contributed by atoms with Crippen molar-refractivity contribution < 1.29 is 28.5 Å². The van der Waals surface area contributed by atoms with Gasteiger partial charge in [-0.3, -0.25) is 9.88 Å². The number of nitrogens with zero attached hydrogens (tertiary/aromatic N) is 4. The smallest absolute Gasteiger partial charge is 0.411 e. The first-order valence-electron chi connectivity index (χ1n) is 12.1. The van der Waals surface area contributed by atoms with E-state index in [-0.39, 0.29) is 13.2 Å². The largest absolute Gasteiger partial charge is 0.485 e. The fourth-order valence-electron chi connectivity index (χ4n) is 4.62. The predicted molar refractivity (Wildman–Crippen MR) is 145 cm³/mol. The molecule has 0 fully saturated rings. The summed E-state index contributed by atoms with van der Waals surface area (Å²) in [6.45, 7) is 3.97. The fraction of sp³-hybridized carbons (Fsp3) is 0.214. The molecule has 1 aliphatic rings. The van der Waals surface area contributed by atoms with Crippen molar-refractivity contribution in [3.05, 3.63) is 65.1 Å². The molecular formula is C28H23ClN4O6. The second-order valence-electron chi connectivity index (χ2n) is 9.23. The Morgan fingerprint density at radius 1 is 1.18 bits per heavy atom. The second kappa shape index (κ2) is 9.63. The van der Waals surface area contributed by atoms with E-state index in [1.54, 1.807) is 31.5 Å². The number of methoxy groups -OCH3 is 1. The van der Waals surface area contributed by atoms with E-state index < -0.39 is 12.2 Å². The Labute approximate surface area is 227 Å². The molecule has 39 heavy (non-hydrogen) atoms. The molecular weight excluding hydrogens is 524 g/mol. The minimum Gasteiger partial charge on any atom is -0.485 e. The van der Waals surface area contributed by atoms with E-state index in [9.17, 15) is 9.90 Å². The molecule has 1 atom stereocenters. The van der Waals surface area contributed by atoms with Crippen LogP contribution in [0, 0.1) is 13.8 Å². The minimum absolute atomic E-state index is 0.0449. The monoisotopic (exact) mass is 546 g/mol. The van der Waals surface area contributed by atoms with Gasteiger partial charge in [0, 0.05) is 17.3 Å². The summed E-state index contributed by atoms with van der Waals surface area (Å²) in [4.78, 5) is 26.4. The number of furan rings is 1. The van der Waals surface area contributed by atoms with Crippen LogP contribution < -0.4 is 19.1 Å². The number of aromatic nitrogens is 3. The SMILES string of the molecule is COc1cnc2c(-c3cc4c5c(cc(Cl)c4o3)OC(CN(C(=O)O)c3ccc(C)nc3)CO5)cc(C)cc2n1. The minimum atomic E-state index is -1.12. The van der Waals surface area contributed by atoms with E-state index in [4.69, 9.17) is 30.2 Å². The molecule has 2 aromatic carbocycles. The maximum absolute atomic E-state index is 12.0. The van der Waals surface area contributed by atoms with Crippen LogP contribution in [0.5, 0.6) is 17.4 Å². The lowest BCUT2D eigenvalue weighted by molar-refractivity contribution is 0.0960. The molecule has 3 aromatic heterocycles. The number of amides is 1. The van der Waals surface area contributed by atoms with Crippen LogP contribution in [0.1, 0.15) is 11.3 Å². The van der Waals surface area contributed by atoms with Crippen molar-refractivity contribution in [1.82, 2.24) is 15.0 Å². The number of hydrogen-bond donors (Lipinski definition) is 1. The lowest BCUT2D eigenvalue weighted by Gasteiger charge is -2.30. The Morgan fingerprint density at radius 3 is 2.77 bits per heavy atom. The van der Waals surface area contributed by atoms with Gasteiger partial charge in [0.25, 0.3) is 0 Å². The van der Waals surface area contributed by atoms with E-state index in [0.717, 1.165) is 16.8 Å². The van der Waals surface area contributed by atoms with E-state index in [1.165, 1.54) is 11.1 Å². The number of carboxylic acid groups (broad SMARTS) is 1. The lowest BCUT2D eigenvalue weighted by Crippen LogP contribution is -2.43. The summed E-state index contributed by atoms with van der Waals surface area (Å²) >= 11 is 6.61. The molecule has 198 valence electrons. The lowest BCUT2D eigenvalue weighted by atomic mass is 10.1. The predicted octanol–water partition coefficient (Wildman–Crippen LogP) is 6.04. The molecule has 0 saturated carbocycles. The van der Waals surface area contributed by atoms with Crippen molar-refractivity contribution in [2.45, 2.75) is 20.0 Å². The molecule has 4 heterocycles. The van der Waals surface area contributed by atoms with Gasteiger partial charge in [-0.2, -0.15) is 0 Å². The third-order valence-electron chi connectivity index (χ3n) is 6.45. The summed E-state index contributed by atoms with van der Waals surface area (Å²) in [5.41, 5.74) is 4.73. The number of halogens is 1. The zero-order chi connectivity index (χ0) is 27.3. The molecule has 1 aliphatic heterocycles. The van der Waals surface area contributed by atoms with Crippen LogP contribution in [0.4, 0.5) is 10.5 Å². The Morgan fingerprint density at radius 2 is 2.03 bits per heavy atom. The number of carbonyl (C=O) groups is 1. The van der Waals surface area contributed by atoms with Crippen LogP contribution in [0.25, 0.3) is 33.3 Å². The summed E-state index contributed by atoms with van der Waals surface area (Å²) in [5.74, 6) is 1.84. The topological polar surface area (TPSA) is 120 Å². The summed E-state index contributed by atoms with van der Waals surface area (Å²) in [6, 6.07) is 10.8. The van der Waals surface area contributed by atoms with Crippen LogP contribution >= 0.6 is 11.6 Å². The van der Waals surface area contributed by atoms with Gasteiger partial charge in [0.05, 0.1) is 53.2 Å². The van der Waals surface area contributed by atoms with Gasteiger partial charge in [-0.25, -0.2) is 14.8 Å². The average molecular weight is 547 g/mol. The molecule has 11 heteroatoms. The Bertz CT molecular complexity index is 1740. The molecule has 1 amide bonds. The highest BCUT2D eigenvalue weighted by Gasteiger charge is 2.30. The maximum atomic E-state index is 12.0. The molecule has 0 radical (unpaired) electrons. The molecule has 1 unspecified atom stereocenters. The third-order valence-corrected chi connectivity index (χ3v) is 6.73. The molecule has 0 aliphatic carbocycles. The van der Waals surface area contributed by atoms with E-state index in [1.807, 2.05) is 32.0 Å². The van der Waals surface area contributed by atoms with Gasteiger partial charge < -0.3 is 23.7 Å². The summed E-state index contributed by atoms with van der Waals surface area (Å²) in [6.07, 6.45) is 1.39. The number of anilines is 1.